The lowest BCUT2D eigenvalue weighted by atomic mass is 10.1. The fourth-order valence-electron chi connectivity index (χ4n) is 2.43. The summed E-state index contributed by atoms with van der Waals surface area (Å²) in [6.45, 7) is 3.00. The minimum Gasteiger partial charge on any atom is -0.495 e. The van der Waals surface area contributed by atoms with E-state index in [1.807, 2.05) is 19.1 Å². The summed E-state index contributed by atoms with van der Waals surface area (Å²) in [5.41, 5.74) is 1.64. The van der Waals surface area contributed by atoms with Crippen molar-refractivity contribution in [1.82, 2.24) is 0 Å². The van der Waals surface area contributed by atoms with Gasteiger partial charge < -0.3 is 24.6 Å². The number of rotatable bonds is 9. The molecule has 2 N–H and O–H groups in total. The van der Waals surface area contributed by atoms with E-state index in [0.29, 0.717) is 36.1 Å². The van der Waals surface area contributed by atoms with Crippen molar-refractivity contribution < 1.29 is 24.1 Å². The molecule has 0 heterocycles. The van der Waals surface area contributed by atoms with Gasteiger partial charge in [0.2, 0.25) is 0 Å². The second-order valence-corrected chi connectivity index (χ2v) is 6.33. The monoisotopic (exact) mass is 423 g/mol. The van der Waals surface area contributed by atoms with Crippen molar-refractivity contribution in [1.29, 1.82) is 0 Å². The molecule has 7 heteroatoms. The number of hydrogen-bond donors (Lipinski definition) is 2. The average Bonchev–Trinajstić information content (AvgIpc) is 2.65. The summed E-state index contributed by atoms with van der Waals surface area (Å²) >= 11 is 3.55. The van der Waals surface area contributed by atoms with Crippen LogP contribution in [0.25, 0.3) is 0 Å². The molecule has 2 aromatic carbocycles. The third-order valence-electron chi connectivity index (χ3n) is 3.74. The Kier molecular flexibility index (Phi) is 7.15. The van der Waals surface area contributed by atoms with Crippen LogP contribution in [0.5, 0.6) is 17.2 Å². The molecule has 0 unspecified atom stereocenters. The number of nitrogens with one attached hydrogen (secondary N) is 1. The van der Waals surface area contributed by atoms with Crippen LogP contribution in [0.15, 0.2) is 34.8 Å². The van der Waals surface area contributed by atoms with E-state index in [9.17, 15) is 9.90 Å². The molecular weight excluding hydrogens is 402 g/mol. The highest BCUT2D eigenvalue weighted by atomic mass is 79.9. The first-order valence-corrected chi connectivity index (χ1v) is 8.94. The van der Waals surface area contributed by atoms with E-state index in [2.05, 4.69) is 21.2 Å². The number of methoxy groups -OCH3 is 2. The molecule has 0 aliphatic heterocycles. The molecule has 0 aliphatic rings. The molecule has 0 saturated heterocycles. The summed E-state index contributed by atoms with van der Waals surface area (Å²) in [6, 6.07) is 8.40. The average molecular weight is 424 g/mol. The molecule has 2 rings (SSSR count). The van der Waals surface area contributed by atoms with Crippen LogP contribution in [0.2, 0.25) is 0 Å². The largest absolute Gasteiger partial charge is 0.495 e. The van der Waals surface area contributed by atoms with Crippen molar-refractivity contribution in [3.8, 4) is 17.2 Å². The zero-order valence-corrected chi connectivity index (χ0v) is 16.6. The lowest BCUT2D eigenvalue weighted by molar-refractivity contribution is 0.0697. The molecule has 0 radical (unpaired) electrons. The quantitative estimate of drug-likeness (QED) is 0.615. The third kappa shape index (κ3) is 4.60. The van der Waals surface area contributed by atoms with Crippen molar-refractivity contribution in [2.45, 2.75) is 19.9 Å². The van der Waals surface area contributed by atoms with Gasteiger partial charge in [0.05, 0.1) is 32.1 Å². The number of carbonyl (C=O) groups is 1. The fourth-order valence-corrected chi connectivity index (χ4v) is 2.89. The lowest BCUT2D eigenvalue weighted by Gasteiger charge is -2.18. The minimum atomic E-state index is -0.995. The predicted molar refractivity (Wildman–Crippen MR) is 104 cm³/mol. The number of anilines is 1. The Morgan fingerprint density at radius 3 is 2.46 bits per heavy atom. The summed E-state index contributed by atoms with van der Waals surface area (Å²) in [4.78, 5) is 11.2. The molecule has 0 fully saturated rings. The number of ether oxygens (including phenoxy) is 3. The van der Waals surface area contributed by atoms with Gasteiger partial charge in [0, 0.05) is 16.6 Å². The zero-order valence-electron chi connectivity index (χ0n) is 15.0. The van der Waals surface area contributed by atoms with Crippen LogP contribution in [0.3, 0.4) is 0 Å². The molecule has 0 atom stereocenters. The van der Waals surface area contributed by atoms with E-state index in [1.54, 1.807) is 19.2 Å². The van der Waals surface area contributed by atoms with Crippen molar-refractivity contribution in [3.63, 3.8) is 0 Å². The number of halogens is 1. The molecule has 0 aliphatic carbocycles. The summed E-state index contributed by atoms with van der Waals surface area (Å²) < 4.78 is 17.5. The maximum Gasteiger partial charge on any atom is 0.335 e. The summed E-state index contributed by atoms with van der Waals surface area (Å²) in [5.74, 6) is 0.865. The molecule has 0 spiro atoms. The van der Waals surface area contributed by atoms with Gasteiger partial charge >= 0.3 is 5.97 Å². The number of benzene rings is 2. The van der Waals surface area contributed by atoms with Gasteiger partial charge in [-0.05, 0) is 36.8 Å². The normalized spacial score (nSPS) is 10.3. The van der Waals surface area contributed by atoms with Crippen LogP contribution in [0.1, 0.15) is 29.3 Å². The van der Waals surface area contributed by atoms with E-state index in [1.165, 1.54) is 13.2 Å². The van der Waals surface area contributed by atoms with Gasteiger partial charge in [0.15, 0.2) is 11.5 Å². The molecule has 140 valence electrons. The van der Waals surface area contributed by atoms with Gasteiger partial charge in [-0.1, -0.05) is 22.9 Å². The van der Waals surface area contributed by atoms with Crippen LogP contribution in [-0.2, 0) is 6.54 Å². The molecule has 2 aromatic rings. The Bertz CT molecular complexity index is 779. The predicted octanol–water partition coefficient (Wildman–Crippen LogP) is 4.57. The van der Waals surface area contributed by atoms with E-state index >= 15 is 0 Å². The summed E-state index contributed by atoms with van der Waals surface area (Å²) in [6.07, 6.45) is 0.872. The number of aromatic carboxylic acids is 1. The van der Waals surface area contributed by atoms with E-state index < -0.39 is 5.97 Å². The van der Waals surface area contributed by atoms with Gasteiger partial charge in [-0.25, -0.2) is 4.79 Å². The first-order chi connectivity index (χ1) is 12.5. The molecule has 6 nitrogen and oxygen atoms in total. The molecule has 0 bridgehead atoms. The first-order valence-electron chi connectivity index (χ1n) is 8.15. The second kappa shape index (κ2) is 9.33. The second-order valence-electron chi connectivity index (χ2n) is 5.48. The highest BCUT2D eigenvalue weighted by molar-refractivity contribution is 9.10. The Hall–Kier alpha value is -2.41. The van der Waals surface area contributed by atoms with E-state index in [-0.39, 0.29) is 5.56 Å². The maximum absolute atomic E-state index is 11.2. The van der Waals surface area contributed by atoms with Crippen LogP contribution in [0, 0.1) is 0 Å². The van der Waals surface area contributed by atoms with E-state index in [0.717, 1.165) is 16.5 Å². The number of hydrogen-bond acceptors (Lipinski definition) is 5. The van der Waals surface area contributed by atoms with Crippen LogP contribution >= 0.6 is 15.9 Å². The maximum atomic E-state index is 11.2. The summed E-state index contributed by atoms with van der Waals surface area (Å²) in [5, 5.41) is 12.4. The van der Waals surface area contributed by atoms with Crippen LogP contribution in [0.4, 0.5) is 5.69 Å². The molecule has 26 heavy (non-hydrogen) atoms. The van der Waals surface area contributed by atoms with Crippen molar-refractivity contribution in [3.05, 3.63) is 45.9 Å². The number of carboxylic acids is 1. The van der Waals surface area contributed by atoms with Crippen LogP contribution in [-0.4, -0.2) is 31.9 Å². The summed E-state index contributed by atoms with van der Waals surface area (Å²) in [7, 11) is 3.14. The molecular formula is C19H22BrNO5. The molecule has 0 aromatic heterocycles. The van der Waals surface area contributed by atoms with Gasteiger partial charge in [0.1, 0.15) is 5.75 Å². The number of carboxylic acid groups (broad SMARTS) is 1. The topological polar surface area (TPSA) is 77.0 Å². The van der Waals surface area contributed by atoms with Crippen molar-refractivity contribution in [2.24, 2.45) is 0 Å². The molecule has 0 amide bonds. The highest BCUT2D eigenvalue weighted by Crippen LogP contribution is 2.37. The van der Waals surface area contributed by atoms with Crippen molar-refractivity contribution >= 4 is 27.6 Å². The Morgan fingerprint density at radius 1 is 1.15 bits per heavy atom. The Labute approximate surface area is 161 Å². The van der Waals surface area contributed by atoms with Crippen LogP contribution < -0.4 is 19.5 Å². The Morgan fingerprint density at radius 2 is 1.85 bits per heavy atom. The zero-order chi connectivity index (χ0) is 19.1. The SMILES string of the molecule is CCCOc1c(OC)ccc(Br)c1CNc1cc(C(=O)O)ccc1OC. The van der Waals surface area contributed by atoms with E-state index in [4.69, 9.17) is 14.2 Å². The fraction of sp³-hybridized carbons (Fsp3) is 0.316. The first kappa shape index (κ1) is 19.9. The standard InChI is InChI=1S/C19H22BrNO5/c1-4-9-26-18-13(14(20)6-8-17(18)25-3)11-21-15-10-12(19(22)23)5-7-16(15)24-2/h5-8,10,21H,4,9,11H2,1-3H3,(H,22,23). The van der Waals surface area contributed by atoms with Gasteiger partial charge in [-0.2, -0.15) is 0 Å². The molecule has 0 saturated carbocycles. The van der Waals surface area contributed by atoms with Crippen molar-refractivity contribution in [2.75, 3.05) is 26.1 Å². The lowest BCUT2D eigenvalue weighted by Crippen LogP contribution is -2.08. The third-order valence-corrected chi connectivity index (χ3v) is 4.48. The highest BCUT2D eigenvalue weighted by Gasteiger charge is 2.16. The smallest absolute Gasteiger partial charge is 0.335 e. The van der Waals surface area contributed by atoms with Gasteiger partial charge in [-0.15, -0.1) is 0 Å². The Balaban J connectivity index is 2.34. The van der Waals surface area contributed by atoms with Gasteiger partial charge in [-0.3, -0.25) is 0 Å². The minimum absolute atomic E-state index is 0.181. The van der Waals surface area contributed by atoms with Gasteiger partial charge in [0.25, 0.3) is 0 Å².